The highest BCUT2D eigenvalue weighted by molar-refractivity contribution is 9.10. The van der Waals surface area contributed by atoms with E-state index in [0.717, 1.165) is 4.47 Å². The molecule has 0 fully saturated rings. The van der Waals surface area contributed by atoms with Crippen LogP contribution in [0.15, 0.2) is 34.9 Å². The van der Waals surface area contributed by atoms with Crippen LogP contribution in [0.3, 0.4) is 0 Å². The van der Waals surface area contributed by atoms with Crippen molar-refractivity contribution in [3.63, 3.8) is 0 Å². The number of hydrogen-bond donors (Lipinski definition) is 2. The zero-order valence-corrected chi connectivity index (χ0v) is 12.2. The molecule has 2 rings (SSSR count). The minimum absolute atomic E-state index is 0.212. The maximum atomic E-state index is 12.1. The number of amides is 1. The van der Waals surface area contributed by atoms with E-state index in [1.165, 1.54) is 0 Å². The summed E-state index contributed by atoms with van der Waals surface area (Å²) in [5.74, 6) is 0.498. The number of nitrogens with one attached hydrogen (secondary N) is 1. The molecule has 0 aliphatic rings. The van der Waals surface area contributed by atoms with Gasteiger partial charge in [0.15, 0.2) is 0 Å². The maximum absolute atomic E-state index is 12.1. The zero-order chi connectivity index (χ0) is 14.0. The first-order valence-corrected chi connectivity index (χ1v) is 6.37. The summed E-state index contributed by atoms with van der Waals surface area (Å²) in [5, 5.41) is 2.80. The number of anilines is 2. The molecule has 0 saturated heterocycles. The molecule has 1 heterocycles. The number of nitrogen functional groups attached to an aromatic ring is 1. The third-order valence-corrected chi connectivity index (χ3v) is 3.29. The maximum Gasteiger partial charge on any atom is 0.272 e. The Morgan fingerprint density at radius 2 is 2.16 bits per heavy atom. The van der Waals surface area contributed by atoms with Gasteiger partial charge in [-0.1, -0.05) is 0 Å². The van der Waals surface area contributed by atoms with Crippen molar-refractivity contribution in [1.82, 2.24) is 4.57 Å². The molecule has 19 heavy (non-hydrogen) atoms. The summed E-state index contributed by atoms with van der Waals surface area (Å²) in [5.41, 5.74) is 7.39. The summed E-state index contributed by atoms with van der Waals surface area (Å²) in [4.78, 5) is 12.1. The molecule has 0 aliphatic heterocycles. The van der Waals surface area contributed by atoms with Crippen LogP contribution in [0.2, 0.25) is 0 Å². The molecule has 0 radical (unpaired) electrons. The predicted octanol–water partition coefficient (Wildman–Crippen LogP) is 2.63. The largest absolute Gasteiger partial charge is 0.496 e. The number of methoxy groups -OCH3 is 1. The molecular formula is C13H14BrN3O2. The monoisotopic (exact) mass is 323 g/mol. The van der Waals surface area contributed by atoms with Crippen LogP contribution in [0, 0.1) is 0 Å². The average molecular weight is 324 g/mol. The van der Waals surface area contributed by atoms with Gasteiger partial charge in [-0.2, -0.15) is 0 Å². The number of nitrogens with zero attached hydrogens (tertiary/aromatic N) is 1. The van der Waals surface area contributed by atoms with Crippen LogP contribution in [0.4, 0.5) is 11.4 Å². The van der Waals surface area contributed by atoms with Crippen molar-refractivity contribution in [2.75, 3.05) is 18.2 Å². The second-order valence-corrected chi connectivity index (χ2v) is 4.93. The molecule has 1 aromatic heterocycles. The normalized spacial score (nSPS) is 10.3. The number of hydrogen-bond acceptors (Lipinski definition) is 3. The van der Waals surface area contributed by atoms with E-state index in [1.54, 1.807) is 49.2 Å². The second kappa shape index (κ2) is 5.36. The lowest BCUT2D eigenvalue weighted by molar-refractivity contribution is 0.101. The van der Waals surface area contributed by atoms with E-state index in [-0.39, 0.29) is 5.91 Å². The molecular weight excluding hydrogens is 310 g/mol. The molecule has 1 amide bonds. The van der Waals surface area contributed by atoms with Crippen molar-refractivity contribution < 1.29 is 9.53 Å². The van der Waals surface area contributed by atoms with Crippen LogP contribution in [-0.4, -0.2) is 17.6 Å². The van der Waals surface area contributed by atoms with Crippen LogP contribution in [0.1, 0.15) is 10.5 Å². The van der Waals surface area contributed by atoms with E-state index >= 15 is 0 Å². The third kappa shape index (κ3) is 2.90. The number of carbonyl (C=O) groups is 1. The molecule has 0 aliphatic carbocycles. The summed E-state index contributed by atoms with van der Waals surface area (Å²) in [7, 11) is 3.36. The lowest BCUT2D eigenvalue weighted by Crippen LogP contribution is -2.15. The molecule has 0 spiro atoms. The first-order chi connectivity index (χ1) is 9.01. The van der Waals surface area contributed by atoms with Gasteiger partial charge in [-0.25, -0.2) is 0 Å². The minimum atomic E-state index is -0.212. The van der Waals surface area contributed by atoms with Crippen LogP contribution in [0.25, 0.3) is 0 Å². The Balaban J connectivity index is 2.19. The van der Waals surface area contributed by atoms with Crippen LogP contribution in [-0.2, 0) is 7.05 Å². The zero-order valence-electron chi connectivity index (χ0n) is 10.6. The number of rotatable bonds is 3. The topological polar surface area (TPSA) is 69.3 Å². The van der Waals surface area contributed by atoms with Gasteiger partial charge in [0.05, 0.1) is 17.3 Å². The predicted molar refractivity (Wildman–Crippen MR) is 78.5 cm³/mol. The smallest absolute Gasteiger partial charge is 0.272 e. The van der Waals surface area contributed by atoms with E-state index in [9.17, 15) is 4.79 Å². The molecule has 100 valence electrons. The standard InChI is InChI=1S/C13H14BrN3O2/c1-17-7-8(15)5-11(17)13(18)16-9-3-4-12(19-2)10(14)6-9/h3-7H,15H2,1-2H3,(H,16,18). The minimum Gasteiger partial charge on any atom is -0.496 e. The van der Waals surface area contributed by atoms with Crippen molar-refractivity contribution in [3.8, 4) is 5.75 Å². The van der Waals surface area contributed by atoms with Crippen molar-refractivity contribution in [2.45, 2.75) is 0 Å². The Labute approximate surface area is 119 Å². The van der Waals surface area contributed by atoms with E-state index in [2.05, 4.69) is 21.2 Å². The summed E-state index contributed by atoms with van der Waals surface area (Å²) in [6.07, 6.45) is 1.69. The van der Waals surface area contributed by atoms with Crippen molar-refractivity contribution in [1.29, 1.82) is 0 Å². The Morgan fingerprint density at radius 3 is 2.68 bits per heavy atom. The van der Waals surface area contributed by atoms with Gasteiger partial charge in [-0.05, 0) is 40.2 Å². The summed E-state index contributed by atoms with van der Waals surface area (Å²) >= 11 is 3.37. The third-order valence-electron chi connectivity index (χ3n) is 2.67. The molecule has 1 aromatic carbocycles. The highest BCUT2D eigenvalue weighted by Crippen LogP contribution is 2.28. The van der Waals surface area contributed by atoms with Crippen LogP contribution in [0.5, 0.6) is 5.75 Å². The summed E-state index contributed by atoms with van der Waals surface area (Å²) in [6, 6.07) is 6.96. The SMILES string of the molecule is COc1ccc(NC(=O)c2cc(N)cn2C)cc1Br. The Kier molecular flexibility index (Phi) is 3.80. The number of aryl methyl sites for hydroxylation is 1. The Hall–Kier alpha value is -1.95. The van der Waals surface area contributed by atoms with Crippen LogP contribution < -0.4 is 15.8 Å². The number of benzene rings is 1. The number of aromatic nitrogens is 1. The van der Waals surface area contributed by atoms with Gasteiger partial charge in [0, 0.05) is 18.9 Å². The van der Waals surface area contributed by atoms with Gasteiger partial charge in [0.25, 0.3) is 5.91 Å². The Morgan fingerprint density at radius 1 is 1.42 bits per heavy atom. The number of carbonyl (C=O) groups excluding carboxylic acids is 1. The molecule has 0 unspecified atom stereocenters. The molecule has 0 saturated carbocycles. The van der Waals surface area contributed by atoms with Gasteiger partial charge < -0.3 is 20.4 Å². The fourth-order valence-electron chi connectivity index (χ4n) is 1.76. The average Bonchev–Trinajstić information content (AvgIpc) is 2.69. The highest BCUT2D eigenvalue weighted by atomic mass is 79.9. The lowest BCUT2D eigenvalue weighted by Gasteiger charge is -2.08. The van der Waals surface area contributed by atoms with Gasteiger partial charge in [-0.15, -0.1) is 0 Å². The van der Waals surface area contributed by atoms with Gasteiger partial charge in [-0.3, -0.25) is 4.79 Å². The van der Waals surface area contributed by atoms with Crippen molar-refractivity contribution in [3.05, 3.63) is 40.6 Å². The molecule has 6 heteroatoms. The van der Waals surface area contributed by atoms with Gasteiger partial charge in [0.1, 0.15) is 11.4 Å². The molecule has 3 N–H and O–H groups in total. The molecule has 5 nitrogen and oxygen atoms in total. The van der Waals surface area contributed by atoms with Crippen molar-refractivity contribution >= 4 is 33.2 Å². The van der Waals surface area contributed by atoms with E-state index < -0.39 is 0 Å². The summed E-state index contributed by atoms with van der Waals surface area (Å²) < 4.78 is 7.59. The molecule has 0 bridgehead atoms. The Bertz CT molecular complexity index is 622. The number of ether oxygens (including phenoxy) is 1. The lowest BCUT2D eigenvalue weighted by atomic mass is 10.3. The van der Waals surface area contributed by atoms with E-state index in [1.807, 2.05) is 0 Å². The quantitative estimate of drug-likeness (QED) is 0.912. The number of nitrogens with two attached hydrogens (primary N) is 1. The van der Waals surface area contributed by atoms with Gasteiger partial charge in [0.2, 0.25) is 0 Å². The number of halogens is 1. The van der Waals surface area contributed by atoms with Crippen molar-refractivity contribution in [2.24, 2.45) is 7.05 Å². The molecule has 2 aromatic rings. The fourth-order valence-corrected chi connectivity index (χ4v) is 2.30. The van der Waals surface area contributed by atoms with Gasteiger partial charge >= 0.3 is 0 Å². The highest BCUT2D eigenvalue weighted by Gasteiger charge is 2.11. The summed E-state index contributed by atoms with van der Waals surface area (Å²) in [6.45, 7) is 0. The van der Waals surface area contributed by atoms with E-state index in [0.29, 0.717) is 22.8 Å². The second-order valence-electron chi connectivity index (χ2n) is 4.07. The fraction of sp³-hybridized carbons (Fsp3) is 0.154. The molecule has 0 atom stereocenters. The van der Waals surface area contributed by atoms with E-state index in [4.69, 9.17) is 10.5 Å². The van der Waals surface area contributed by atoms with Crippen LogP contribution >= 0.6 is 15.9 Å². The first kappa shape index (κ1) is 13.5. The first-order valence-electron chi connectivity index (χ1n) is 5.58.